The van der Waals surface area contributed by atoms with E-state index < -0.39 is 9.52 Å². The number of hydrogen-bond donors (Lipinski definition) is 0. The van der Waals surface area contributed by atoms with Crippen molar-refractivity contribution in [3.05, 3.63) is 103 Å². The van der Waals surface area contributed by atoms with Crippen molar-refractivity contribution in [2.24, 2.45) is 0 Å². The van der Waals surface area contributed by atoms with Gasteiger partial charge in [-0.05, 0) is 17.5 Å². The van der Waals surface area contributed by atoms with Crippen LogP contribution < -0.4 is 0 Å². The third-order valence-electron chi connectivity index (χ3n) is 4.96. The molecule has 0 aliphatic rings. The van der Waals surface area contributed by atoms with Gasteiger partial charge in [-0.15, -0.1) is 6.58 Å². The molecule has 3 heteroatoms. The average molecular weight is 347 g/mol. The molecule has 0 aliphatic heterocycles. The number of aromatic nitrogens is 2. The Morgan fingerprint density at radius 3 is 2.16 bits per heavy atom. The maximum Gasteiger partial charge on any atom is 0.0953 e. The second-order valence-corrected chi connectivity index (χ2v) is 9.56. The van der Waals surface area contributed by atoms with Gasteiger partial charge in [0.2, 0.25) is 0 Å². The van der Waals surface area contributed by atoms with E-state index in [1.165, 1.54) is 17.5 Å². The number of allylic oxidation sites excluding steroid dienone is 1. The second kappa shape index (κ2) is 8.12. The van der Waals surface area contributed by atoms with E-state index in [9.17, 15) is 0 Å². The van der Waals surface area contributed by atoms with Crippen molar-refractivity contribution in [2.45, 2.75) is 30.5 Å². The van der Waals surface area contributed by atoms with Gasteiger partial charge in [-0.3, -0.25) is 0 Å². The first-order valence-corrected chi connectivity index (χ1v) is 10.5. The smallest absolute Gasteiger partial charge is 0.0953 e. The van der Waals surface area contributed by atoms with Crippen molar-refractivity contribution in [3.63, 3.8) is 0 Å². The summed E-state index contributed by atoms with van der Waals surface area (Å²) in [5, 5.41) is -0.112. The van der Waals surface area contributed by atoms with E-state index in [1.807, 2.05) is 18.6 Å². The van der Waals surface area contributed by atoms with E-state index in [-0.39, 0.29) is 5.16 Å². The Morgan fingerprint density at radius 1 is 1.08 bits per heavy atom. The number of nitrogens with zero attached hydrogens (tertiary/aromatic N) is 2. The van der Waals surface area contributed by atoms with Crippen LogP contribution in [0.1, 0.15) is 30.9 Å². The lowest BCUT2D eigenvalue weighted by atomic mass is 9.97. The van der Waals surface area contributed by atoms with Crippen molar-refractivity contribution in [3.8, 4) is 0 Å². The van der Waals surface area contributed by atoms with Crippen LogP contribution in [0.5, 0.6) is 0 Å². The molecule has 0 amide bonds. The summed E-state index contributed by atoms with van der Waals surface area (Å²) >= 11 is 0. The molecule has 1 atom stereocenters. The van der Waals surface area contributed by atoms with Crippen LogP contribution in [0.15, 0.2) is 92.0 Å². The number of benzene rings is 2. The minimum Gasteiger partial charge on any atom is -0.327 e. The summed E-state index contributed by atoms with van der Waals surface area (Å²) in [6.07, 6.45) is 10.3. The van der Waals surface area contributed by atoms with Gasteiger partial charge in [0.25, 0.3) is 0 Å². The van der Waals surface area contributed by atoms with Crippen molar-refractivity contribution in [2.75, 3.05) is 0 Å². The molecule has 3 aromatic rings. The Balaban J connectivity index is 2.16. The summed E-state index contributed by atoms with van der Waals surface area (Å²) in [5.41, 5.74) is 3.41. The maximum atomic E-state index is 4.38. The van der Waals surface area contributed by atoms with Crippen LogP contribution in [0.4, 0.5) is 0 Å². The zero-order valence-electron chi connectivity index (χ0n) is 14.9. The van der Waals surface area contributed by atoms with Gasteiger partial charge in [0, 0.05) is 12.4 Å². The first-order valence-electron chi connectivity index (χ1n) is 8.97. The summed E-state index contributed by atoms with van der Waals surface area (Å²) < 4.78 is 2.33. The van der Waals surface area contributed by atoms with Crippen LogP contribution in [0.2, 0.25) is 5.54 Å². The quantitative estimate of drug-likeness (QED) is 0.431. The Bertz CT molecular complexity index is 727. The summed E-state index contributed by atoms with van der Waals surface area (Å²) in [6, 6.07) is 21.8. The van der Waals surface area contributed by atoms with Gasteiger partial charge in [-0.25, -0.2) is 4.98 Å². The zero-order valence-corrected chi connectivity index (χ0v) is 16.3. The molecule has 0 radical (unpaired) electrons. The SMILES string of the molecule is C=CCCC(C)[SiH2]C(c1ccccc1)(c1ccccc1)n1ccnc1. The monoisotopic (exact) mass is 346 g/mol. The van der Waals surface area contributed by atoms with E-state index in [4.69, 9.17) is 0 Å². The van der Waals surface area contributed by atoms with Crippen LogP contribution in [-0.4, -0.2) is 19.1 Å². The molecule has 0 saturated heterocycles. The van der Waals surface area contributed by atoms with Crippen molar-refractivity contribution in [1.82, 2.24) is 9.55 Å². The highest BCUT2D eigenvalue weighted by Crippen LogP contribution is 2.36. The Morgan fingerprint density at radius 2 is 1.68 bits per heavy atom. The predicted molar refractivity (Wildman–Crippen MR) is 109 cm³/mol. The Hall–Kier alpha value is -2.39. The summed E-state index contributed by atoms with van der Waals surface area (Å²) in [4.78, 5) is 4.38. The summed E-state index contributed by atoms with van der Waals surface area (Å²) in [5.74, 6) is 0. The highest BCUT2D eigenvalue weighted by atomic mass is 28.2. The van der Waals surface area contributed by atoms with Crippen LogP contribution in [-0.2, 0) is 5.16 Å². The molecule has 25 heavy (non-hydrogen) atoms. The van der Waals surface area contributed by atoms with Gasteiger partial charge in [-0.1, -0.05) is 85.6 Å². The van der Waals surface area contributed by atoms with Gasteiger partial charge in [-0.2, -0.15) is 0 Å². The van der Waals surface area contributed by atoms with Crippen molar-refractivity contribution in [1.29, 1.82) is 0 Å². The minimum atomic E-state index is -0.568. The fourth-order valence-electron chi connectivity index (χ4n) is 3.73. The molecule has 0 spiro atoms. The maximum absolute atomic E-state index is 4.38. The molecule has 1 heterocycles. The lowest BCUT2D eigenvalue weighted by Gasteiger charge is -2.38. The number of imidazole rings is 1. The van der Waals surface area contributed by atoms with Crippen LogP contribution in [0, 0.1) is 0 Å². The molecule has 2 aromatic carbocycles. The molecule has 1 unspecified atom stereocenters. The minimum absolute atomic E-state index is 0.112. The van der Waals surface area contributed by atoms with Crippen molar-refractivity contribution >= 4 is 9.52 Å². The van der Waals surface area contributed by atoms with E-state index in [2.05, 4.69) is 89.9 Å². The second-order valence-electron chi connectivity index (χ2n) is 6.74. The van der Waals surface area contributed by atoms with E-state index in [1.54, 1.807) is 0 Å². The van der Waals surface area contributed by atoms with Gasteiger partial charge in [0.05, 0.1) is 21.0 Å². The molecular weight excluding hydrogens is 320 g/mol. The van der Waals surface area contributed by atoms with Gasteiger partial charge in [0.1, 0.15) is 0 Å². The third-order valence-corrected chi connectivity index (χ3v) is 7.83. The van der Waals surface area contributed by atoms with E-state index in [0.29, 0.717) is 5.54 Å². The third kappa shape index (κ3) is 3.66. The molecule has 0 saturated carbocycles. The predicted octanol–water partition coefficient (Wildman–Crippen LogP) is 4.58. The molecule has 2 nitrogen and oxygen atoms in total. The van der Waals surface area contributed by atoms with E-state index in [0.717, 1.165) is 6.42 Å². The highest BCUT2D eigenvalue weighted by Gasteiger charge is 2.37. The summed E-state index contributed by atoms with van der Waals surface area (Å²) in [7, 11) is -0.568. The number of hydrogen-bond acceptors (Lipinski definition) is 1. The van der Waals surface area contributed by atoms with E-state index >= 15 is 0 Å². The zero-order chi connectivity index (χ0) is 17.5. The average Bonchev–Trinajstić information content (AvgIpc) is 3.21. The number of rotatable bonds is 8. The molecule has 128 valence electrons. The molecule has 0 fully saturated rings. The lowest BCUT2D eigenvalue weighted by Crippen LogP contribution is -2.43. The Labute approximate surface area is 153 Å². The highest BCUT2D eigenvalue weighted by molar-refractivity contribution is 6.43. The molecule has 3 rings (SSSR count). The van der Waals surface area contributed by atoms with Crippen LogP contribution in [0.25, 0.3) is 0 Å². The standard InChI is InChI=1S/C22H26N2Si/c1-3-4-11-19(2)25-22(24-17-16-23-18-24,20-12-7-5-8-13-20)21-14-9-6-10-15-21/h3,5-10,12-19H,1,4,11,25H2,2H3. The topological polar surface area (TPSA) is 17.8 Å². The fraction of sp³-hybridized carbons (Fsp3) is 0.227. The molecule has 0 bridgehead atoms. The van der Waals surface area contributed by atoms with Gasteiger partial charge >= 0.3 is 0 Å². The Kier molecular flexibility index (Phi) is 5.66. The summed E-state index contributed by atoms with van der Waals surface area (Å²) in [6.45, 7) is 6.29. The molecular formula is C22H26N2Si. The lowest BCUT2D eigenvalue weighted by molar-refractivity contribution is 0.578. The first kappa shape index (κ1) is 17.4. The molecule has 0 aliphatic carbocycles. The van der Waals surface area contributed by atoms with Crippen LogP contribution in [0.3, 0.4) is 0 Å². The molecule has 0 N–H and O–H groups in total. The van der Waals surface area contributed by atoms with Crippen LogP contribution >= 0.6 is 0 Å². The van der Waals surface area contributed by atoms with Crippen molar-refractivity contribution < 1.29 is 0 Å². The van der Waals surface area contributed by atoms with Gasteiger partial charge < -0.3 is 4.57 Å². The normalized spacial score (nSPS) is 13.2. The largest absolute Gasteiger partial charge is 0.327 e. The van der Waals surface area contributed by atoms with Gasteiger partial charge in [0.15, 0.2) is 0 Å². The fourth-order valence-corrected chi connectivity index (χ4v) is 6.52. The molecule has 1 aromatic heterocycles. The first-order chi connectivity index (χ1) is 12.3.